The molecule has 1 aromatic heterocycles. The third-order valence-corrected chi connectivity index (χ3v) is 6.07. The predicted octanol–water partition coefficient (Wildman–Crippen LogP) is 2.68. The summed E-state index contributed by atoms with van der Waals surface area (Å²) < 4.78 is 0. The van der Waals surface area contributed by atoms with Gasteiger partial charge in [-0.05, 0) is 52.4 Å². The van der Waals surface area contributed by atoms with Gasteiger partial charge in [-0.15, -0.1) is 11.3 Å². The molecule has 3 nitrogen and oxygen atoms in total. The molecule has 1 aliphatic carbocycles. The van der Waals surface area contributed by atoms with Gasteiger partial charge in [0, 0.05) is 24.0 Å². The summed E-state index contributed by atoms with van der Waals surface area (Å²) in [7, 11) is 0. The van der Waals surface area contributed by atoms with Crippen molar-refractivity contribution >= 4 is 11.3 Å². The van der Waals surface area contributed by atoms with Crippen LogP contribution in [0.25, 0.3) is 0 Å². The van der Waals surface area contributed by atoms with Crippen molar-refractivity contribution in [3.05, 3.63) is 15.6 Å². The lowest BCUT2D eigenvalue weighted by atomic mass is 9.88. The SMILES string of the molecule is CC(C)N1CCC(N)(c2nc3c(s2)CCCC3)CC1. The van der Waals surface area contributed by atoms with Crippen LogP contribution in [-0.4, -0.2) is 29.0 Å². The molecule has 3 rings (SSSR count). The molecule has 0 radical (unpaired) electrons. The Morgan fingerprint density at radius 2 is 1.89 bits per heavy atom. The standard InChI is InChI=1S/C15H25N3S/c1-11(2)18-9-7-15(16,8-10-18)14-17-12-5-3-4-6-13(12)19-14/h11H,3-10,16H2,1-2H3. The Balaban J connectivity index is 1.76. The maximum absolute atomic E-state index is 6.68. The molecule has 19 heavy (non-hydrogen) atoms. The average molecular weight is 279 g/mol. The van der Waals surface area contributed by atoms with Gasteiger partial charge in [-0.2, -0.15) is 0 Å². The van der Waals surface area contributed by atoms with Crippen molar-refractivity contribution < 1.29 is 0 Å². The second kappa shape index (κ2) is 5.15. The number of aromatic nitrogens is 1. The van der Waals surface area contributed by atoms with Crippen molar-refractivity contribution in [1.29, 1.82) is 0 Å². The van der Waals surface area contributed by atoms with Crippen LogP contribution >= 0.6 is 11.3 Å². The van der Waals surface area contributed by atoms with Crippen LogP contribution in [0, 0.1) is 0 Å². The number of aryl methyl sites for hydroxylation is 2. The topological polar surface area (TPSA) is 42.1 Å². The van der Waals surface area contributed by atoms with Crippen LogP contribution in [0.3, 0.4) is 0 Å². The Hall–Kier alpha value is -0.450. The minimum Gasteiger partial charge on any atom is -0.319 e. The first-order valence-corrected chi connectivity index (χ1v) is 8.42. The van der Waals surface area contributed by atoms with E-state index in [9.17, 15) is 0 Å². The van der Waals surface area contributed by atoms with E-state index in [2.05, 4.69) is 18.7 Å². The van der Waals surface area contributed by atoms with Crippen LogP contribution in [0.1, 0.15) is 55.1 Å². The van der Waals surface area contributed by atoms with Gasteiger partial charge in [-0.1, -0.05) is 0 Å². The second-order valence-corrected chi connectivity index (χ2v) is 7.47. The van der Waals surface area contributed by atoms with E-state index in [1.54, 1.807) is 0 Å². The molecule has 106 valence electrons. The van der Waals surface area contributed by atoms with E-state index in [0.717, 1.165) is 25.9 Å². The summed E-state index contributed by atoms with van der Waals surface area (Å²) in [6.45, 7) is 6.76. The third-order valence-electron chi connectivity index (χ3n) is 4.69. The van der Waals surface area contributed by atoms with Crippen molar-refractivity contribution in [2.24, 2.45) is 5.73 Å². The molecule has 2 N–H and O–H groups in total. The minimum absolute atomic E-state index is 0.159. The number of thiazole rings is 1. The number of hydrogen-bond donors (Lipinski definition) is 1. The zero-order chi connectivity index (χ0) is 13.5. The van der Waals surface area contributed by atoms with E-state index in [0.29, 0.717) is 6.04 Å². The van der Waals surface area contributed by atoms with Crippen LogP contribution in [-0.2, 0) is 18.4 Å². The first-order valence-electron chi connectivity index (χ1n) is 7.60. The molecule has 2 heterocycles. The first-order chi connectivity index (χ1) is 9.08. The Kier molecular flexibility index (Phi) is 3.67. The van der Waals surface area contributed by atoms with E-state index in [1.165, 1.54) is 41.3 Å². The van der Waals surface area contributed by atoms with Gasteiger partial charge in [0.15, 0.2) is 0 Å². The van der Waals surface area contributed by atoms with Gasteiger partial charge in [0.1, 0.15) is 5.01 Å². The number of nitrogens with two attached hydrogens (primary N) is 1. The molecule has 1 aliphatic heterocycles. The maximum Gasteiger partial charge on any atom is 0.113 e. The summed E-state index contributed by atoms with van der Waals surface area (Å²) >= 11 is 1.90. The third kappa shape index (κ3) is 2.58. The molecule has 0 atom stereocenters. The van der Waals surface area contributed by atoms with E-state index < -0.39 is 0 Å². The molecule has 0 amide bonds. The van der Waals surface area contributed by atoms with Crippen molar-refractivity contribution in [3.63, 3.8) is 0 Å². The Morgan fingerprint density at radius 1 is 1.21 bits per heavy atom. The molecular weight excluding hydrogens is 254 g/mol. The first kappa shape index (κ1) is 13.5. The quantitative estimate of drug-likeness (QED) is 0.905. The zero-order valence-corrected chi connectivity index (χ0v) is 12.9. The molecule has 2 aliphatic rings. The summed E-state index contributed by atoms with van der Waals surface area (Å²) in [6, 6.07) is 0.633. The fourth-order valence-corrected chi connectivity index (χ4v) is 4.53. The smallest absolute Gasteiger partial charge is 0.113 e. The molecule has 0 bridgehead atoms. The largest absolute Gasteiger partial charge is 0.319 e. The van der Waals surface area contributed by atoms with Gasteiger partial charge >= 0.3 is 0 Å². The molecule has 0 saturated carbocycles. The molecule has 4 heteroatoms. The van der Waals surface area contributed by atoms with Crippen LogP contribution in [0.4, 0.5) is 0 Å². The molecular formula is C15H25N3S. The van der Waals surface area contributed by atoms with Gasteiger partial charge in [0.05, 0.1) is 11.2 Å². The van der Waals surface area contributed by atoms with E-state index in [-0.39, 0.29) is 5.54 Å². The number of nitrogens with zero attached hydrogens (tertiary/aromatic N) is 2. The van der Waals surface area contributed by atoms with Crippen LogP contribution < -0.4 is 5.73 Å². The number of hydrogen-bond acceptors (Lipinski definition) is 4. The monoisotopic (exact) mass is 279 g/mol. The maximum atomic E-state index is 6.68. The fourth-order valence-electron chi connectivity index (χ4n) is 3.22. The summed E-state index contributed by atoms with van der Waals surface area (Å²) in [5.41, 5.74) is 7.87. The van der Waals surface area contributed by atoms with Crippen molar-refractivity contribution in [2.75, 3.05) is 13.1 Å². The summed E-state index contributed by atoms with van der Waals surface area (Å²) in [5, 5.41) is 1.21. The van der Waals surface area contributed by atoms with Crippen LogP contribution in [0.2, 0.25) is 0 Å². The Bertz CT molecular complexity index is 421. The second-order valence-electron chi connectivity index (χ2n) is 6.38. The average Bonchev–Trinajstić information content (AvgIpc) is 2.83. The fraction of sp³-hybridized carbons (Fsp3) is 0.800. The number of piperidine rings is 1. The highest BCUT2D eigenvalue weighted by molar-refractivity contribution is 7.11. The zero-order valence-electron chi connectivity index (χ0n) is 12.1. The van der Waals surface area contributed by atoms with Crippen molar-refractivity contribution in [3.8, 4) is 0 Å². The lowest BCUT2D eigenvalue weighted by Gasteiger charge is -2.39. The van der Waals surface area contributed by atoms with Crippen molar-refractivity contribution in [1.82, 2.24) is 9.88 Å². The number of fused-ring (bicyclic) bond motifs is 1. The van der Waals surface area contributed by atoms with Crippen LogP contribution in [0.15, 0.2) is 0 Å². The summed E-state index contributed by atoms with van der Waals surface area (Å²) in [5.74, 6) is 0. The minimum atomic E-state index is -0.159. The molecule has 0 unspecified atom stereocenters. The van der Waals surface area contributed by atoms with Crippen molar-refractivity contribution in [2.45, 2.75) is 64.0 Å². The van der Waals surface area contributed by atoms with E-state index >= 15 is 0 Å². The molecule has 1 aromatic rings. The highest BCUT2D eigenvalue weighted by Crippen LogP contribution is 2.37. The molecule has 0 aromatic carbocycles. The predicted molar refractivity (Wildman–Crippen MR) is 80.6 cm³/mol. The molecule has 1 saturated heterocycles. The highest BCUT2D eigenvalue weighted by atomic mass is 32.1. The van der Waals surface area contributed by atoms with Gasteiger partial charge in [-0.3, -0.25) is 0 Å². The molecule has 0 spiro atoms. The van der Waals surface area contributed by atoms with Gasteiger partial charge in [-0.25, -0.2) is 4.98 Å². The lowest BCUT2D eigenvalue weighted by molar-refractivity contribution is 0.131. The molecule has 1 fully saturated rings. The summed E-state index contributed by atoms with van der Waals surface area (Å²) in [4.78, 5) is 8.93. The summed E-state index contributed by atoms with van der Waals surface area (Å²) in [6.07, 6.45) is 7.12. The highest BCUT2D eigenvalue weighted by Gasteiger charge is 2.36. The number of likely N-dealkylation sites (tertiary alicyclic amines) is 1. The van der Waals surface area contributed by atoms with E-state index in [1.807, 2.05) is 11.3 Å². The lowest BCUT2D eigenvalue weighted by Crippen LogP contribution is -2.49. The van der Waals surface area contributed by atoms with Gasteiger partial charge in [0.2, 0.25) is 0 Å². The van der Waals surface area contributed by atoms with Gasteiger partial charge < -0.3 is 10.6 Å². The Morgan fingerprint density at radius 3 is 2.53 bits per heavy atom. The van der Waals surface area contributed by atoms with Crippen LogP contribution in [0.5, 0.6) is 0 Å². The van der Waals surface area contributed by atoms with Gasteiger partial charge in [0.25, 0.3) is 0 Å². The van der Waals surface area contributed by atoms with E-state index in [4.69, 9.17) is 10.7 Å². The Labute approximate surface area is 120 Å². The normalized spacial score (nSPS) is 23.6. The number of rotatable bonds is 2.